The van der Waals surface area contributed by atoms with Gasteiger partial charge in [0.2, 0.25) is 0 Å². The number of carboxylic acids is 1. The van der Waals surface area contributed by atoms with Crippen LogP contribution >= 0.6 is 11.3 Å². The molecule has 1 aliphatic heterocycles. The largest absolute Gasteiger partial charge is 0.477 e. The standard InChI is InChI=1S/C11H15NO5S2/c1-7-5-9(18-10(7)11(13)14)19(15,16)12-3-4-17-6-8(12)2/h5,8H,3-4,6H2,1-2H3,(H,13,14)/t8-/m1/s1. The van der Waals surface area contributed by atoms with E-state index < -0.39 is 16.0 Å². The maximum atomic E-state index is 12.5. The van der Waals surface area contributed by atoms with Crippen molar-refractivity contribution in [1.29, 1.82) is 0 Å². The summed E-state index contributed by atoms with van der Waals surface area (Å²) in [6.07, 6.45) is 0. The molecule has 19 heavy (non-hydrogen) atoms. The van der Waals surface area contributed by atoms with Gasteiger partial charge in [-0.25, -0.2) is 13.2 Å². The van der Waals surface area contributed by atoms with E-state index in [9.17, 15) is 13.2 Å². The number of sulfonamides is 1. The molecule has 106 valence electrons. The molecule has 6 nitrogen and oxygen atoms in total. The van der Waals surface area contributed by atoms with Crippen LogP contribution in [0.5, 0.6) is 0 Å². The predicted octanol–water partition coefficient (Wildman–Crippen LogP) is 1.16. The van der Waals surface area contributed by atoms with Gasteiger partial charge in [-0.3, -0.25) is 0 Å². The summed E-state index contributed by atoms with van der Waals surface area (Å²) in [6.45, 7) is 4.38. The molecule has 1 saturated heterocycles. The Kier molecular flexibility index (Phi) is 3.95. The van der Waals surface area contributed by atoms with Crippen molar-refractivity contribution in [3.05, 3.63) is 16.5 Å². The molecule has 0 bridgehead atoms. The van der Waals surface area contributed by atoms with Crippen LogP contribution in [0.15, 0.2) is 10.3 Å². The van der Waals surface area contributed by atoms with Gasteiger partial charge in [-0.2, -0.15) is 4.31 Å². The molecule has 1 N–H and O–H groups in total. The summed E-state index contributed by atoms with van der Waals surface area (Å²) < 4.78 is 31.6. The van der Waals surface area contributed by atoms with Crippen molar-refractivity contribution >= 4 is 27.3 Å². The number of hydrogen-bond donors (Lipinski definition) is 1. The highest BCUT2D eigenvalue weighted by atomic mass is 32.2. The minimum atomic E-state index is -3.64. The van der Waals surface area contributed by atoms with Crippen molar-refractivity contribution in [1.82, 2.24) is 4.31 Å². The van der Waals surface area contributed by atoms with E-state index in [1.54, 1.807) is 13.8 Å². The number of nitrogens with zero attached hydrogens (tertiary/aromatic N) is 1. The summed E-state index contributed by atoms with van der Waals surface area (Å²) in [6, 6.07) is 1.18. The lowest BCUT2D eigenvalue weighted by Gasteiger charge is -2.31. The van der Waals surface area contributed by atoms with Crippen molar-refractivity contribution in [2.75, 3.05) is 19.8 Å². The second-order valence-corrected chi connectivity index (χ2v) is 7.59. The molecule has 0 unspecified atom stereocenters. The number of hydrogen-bond acceptors (Lipinski definition) is 5. The van der Waals surface area contributed by atoms with E-state index in [0.29, 0.717) is 25.3 Å². The van der Waals surface area contributed by atoms with Crippen LogP contribution in [-0.2, 0) is 14.8 Å². The zero-order chi connectivity index (χ0) is 14.2. The van der Waals surface area contributed by atoms with Crippen molar-refractivity contribution in [2.45, 2.75) is 24.1 Å². The van der Waals surface area contributed by atoms with Gasteiger partial charge in [0.1, 0.15) is 9.09 Å². The third-order valence-electron chi connectivity index (χ3n) is 2.96. The summed E-state index contributed by atoms with van der Waals surface area (Å²) in [4.78, 5) is 11.1. The minimum absolute atomic E-state index is 0.0690. The normalized spacial score (nSPS) is 21.5. The van der Waals surface area contributed by atoms with E-state index in [0.717, 1.165) is 11.3 Å². The van der Waals surface area contributed by atoms with Crippen LogP contribution in [0, 0.1) is 6.92 Å². The Morgan fingerprint density at radius 3 is 2.79 bits per heavy atom. The van der Waals surface area contributed by atoms with Gasteiger partial charge in [-0.15, -0.1) is 11.3 Å². The van der Waals surface area contributed by atoms with Crippen LogP contribution in [-0.4, -0.2) is 49.6 Å². The highest BCUT2D eigenvalue weighted by molar-refractivity contribution is 7.91. The summed E-state index contributed by atoms with van der Waals surface area (Å²) in [5.41, 5.74) is 0.469. The Morgan fingerprint density at radius 2 is 2.26 bits per heavy atom. The second kappa shape index (κ2) is 5.20. The number of aromatic carboxylic acids is 1. The number of rotatable bonds is 3. The predicted molar refractivity (Wildman–Crippen MR) is 70.2 cm³/mol. The molecule has 0 spiro atoms. The van der Waals surface area contributed by atoms with Crippen LogP contribution in [0.1, 0.15) is 22.2 Å². The highest BCUT2D eigenvalue weighted by Crippen LogP contribution is 2.30. The molecule has 8 heteroatoms. The van der Waals surface area contributed by atoms with Crippen molar-refractivity contribution in [3.63, 3.8) is 0 Å². The maximum absolute atomic E-state index is 12.5. The van der Waals surface area contributed by atoms with Crippen molar-refractivity contribution < 1.29 is 23.1 Å². The van der Waals surface area contributed by atoms with E-state index in [-0.39, 0.29) is 15.1 Å². The molecule has 1 atom stereocenters. The Balaban J connectivity index is 2.39. The van der Waals surface area contributed by atoms with Gasteiger partial charge in [-0.1, -0.05) is 0 Å². The number of carboxylic acid groups (broad SMARTS) is 1. The van der Waals surface area contributed by atoms with Crippen LogP contribution in [0.4, 0.5) is 0 Å². The summed E-state index contributed by atoms with van der Waals surface area (Å²) in [5, 5.41) is 8.99. The molecule has 1 aromatic rings. The highest BCUT2D eigenvalue weighted by Gasteiger charge is 2.33. The van der Waals surface area contributed by atoms with Gasteiger partial charge in [0, 0.05) is 12.6 Å². The average Bonchev–Trinajstić information content (AvgIpc) is 2.72. The van der Waals surface area contributed by atoms with Crippen LogP contribution < -0.4 is 0 Å². The number of thiophene rings is 1. The molecular weight excluding hydrogens is 290 g/mol. The minimum Gasteiger partial charge on any atom is -0.477 e. The zero-order valence-electron chi connectivity index (χ0n) is 10.6. The lowest BCUT2D eigenvalue weighted by Crippen LogP contribution is -2.46. The lowest BCUT2D eigenvalue weighted by molar-refractivity contribution is 0.0393. The quantitative estimate of drug-likeness (QED) is 0.906. The van der Waals surface area contributed by atoms with Crippen molar-refractivity contribution in [3.8, 4) is 0 Å². The zero-order valence-corrected chi connectivity index (χ0v) is 12.3. The lowest BCUT2D eigenvalue weighted by atomic mass is 10.3. The summed E-state index contributed by atoms with van der Waals surface area (Å²) in [7, 11) is -3.64. The Bertz CT molecular complexity index is 592. The molecule has 2 rings (SSSR count). The van der Waals surface area contributed by atoms with Crippen molar-refractivity contribution in [2.24, 2.45) is 0 Å². The first-order valence-corrected chi connectivity index (χ1v) is 8.03. The average molecular weight is 305 g/mol. The fourth-order valence-electron chi connectivity index (χ4n) is 1.98. The molecule has 0 aromatic carbocycles. The number of carbonyl (C=O) groups is 1. The first kappa shape index (κ1) is 14.4. The van der Waals surface area contributed by atoms with Crippen LogP contribution in [0.3, 0.4) is 0 Å². The SMILES string of the molecule is Cc1cc(S(=O)(=O)N2CCOC[C@H]2C)sc1C(=O)O. The van der Waals surface area contributed by atoms with Gasteiger partial charge in [-0.05, 0) is 25.5 Å². The van der Waals surface area contributed by atoms with Gasteiger partial charge in [0.25, 0.3) is 10.0 Å². The topological polar surface area (TPSA) is 83.9 Å². The Morgan fingerprint density at radius 1 is 1.58 bits per heavy atom. The van der Waals surface area contributed by atoms with Gasteiger partial charge >= 0.3 is 5.97 Å². The maximum Gasteiger partial charge on any atom is 0.346 e. The van der Waals surface area contributed by atoms with E-state index in [2.05, 4.69) is 0 Å². The van der Waals surface area contributed by atoms with E-state index >= 15 is 0 Å². The monoisotopic (exact) mass is 305 g/mol. The van der Waals surface area contributed by atoms with Gasteiger partial charge in [0.05, 0.1) is 13.2 Å². The number of ether oxygens (including phenoxy) is 1. The summed E-state index contributed by atoms with van der Waals surface area (Å²) in [5.74, 6) is -1.10. The van der Waals surface area contributed by atoms with Gasteiger partial charge < -0.3 is 9.84 Å². The third-order valence-corrected chi connectivity index (χ3v) is 6.65. The van der Waals surface area contributed by atoms with Crippen LogP contribution in [0.25, 0.3) is 0 Å². The molecule has 1 aromatic heterocycles. The van der Waals surface area contributed by atoms with Gasteiger partial charge in [0.15, 0.2) is 0 Å². The third kappa shape index (κ3) is 2.66. The molecule has 1 aliphatic rings. The second-order valence-electron chi connectivity index (χ2n) is 4.42. The molecule has 0 radical (unpaired) electrons. The fourth-order valence-corrected chi connectivity index (χ4v) is 5.09. The molecule has 0 amide bonds. The fraction of sp³-hybridized carbons (Fsp3) is 0.545. The Labute approximate surface area is 115 Å². The van der Waals surface area contributed by atoms with E-state index in [1.165, 1.54) is 10.4 Å². The van der Waals surface area contributed by atoms with E-state index in [4.69, 9.17) is 9.84 Å². The molecule has 2 heterocycles. The molecule has 1 fully saturated rings. The smallest absolute Gasteiger partial charge is 0.346 e. The molecule has 0 aliphatic carbocycles. The first-order valence-electron chi connectivity index (χ1n) is 5.77. The summed E-state index contributed by atoms with van der Waals surface area (Å²) >= 11 is 0.800. The number of morpholine rings is 1. The first-order chi connectivity index (χ1) is 8.84. The Hall–Kier alpha value is -0.960. The molecule has 0 saturated carbocycles. The van der Waals surface area contributed by atoms with E-state index in [1.807, 2.05) is 0 Å². The number of aryl methyl sites for hydroxylation is 1. The van der Waals surface area contributed by atoms with Crippen LogP contribution in [0.2, 0.25) is 0 Å². The molecular formula is C11H15NO5S2.